The maximum atomic E-state index is 13.8. The molecule has 0 radical (unpaired) electrons. The highest BCUT2D eigenvalue weighted by atomic mass is 35.5. The summed E-state index contributed by atoms with van der Waals surface area (Å²) in [5.74, 6) is 1.25. The lowest BCUT2D eigenvalue weighted by molar-refractivity contribution is -0.141. The van der Waals surface area contributed by atoms with E-state index >= 15 is 0 Å². The van der Waals surface area contributed by atoms with Crippen molar-refractivity contribution in [2.75, 3.05) is 44.2 Å². The molecule has 1 aromatic heterocycles. The zero-order valence-electron chi connectivity index (χ0n) is 23.5. The van der Waals surface area contributed by atoms with Gasteiger partial charge in [-0.1, -0.05) is 60.5 Å². The molecule has 3 aromatic carbocycles. The maximum Gasteiger partial charge on any atom is 0.405 e. The number of pyridine rings is 1. The molecule has 6 nitrogen and oxygen atoms in total. The maximum absolute atomic E-state index is 13.8. The van der Waals surface area contributed by atoms with Crippen LogP contribution in [0, 0.1) is 0 Å². The predicted octanol–water partition coefficient (Wildman–Crippen LogP) is 6.95. The van der Waals surface area contributed by atoms with E-state index in [9.17, 15) is 18.0 Å². The number of piperazine rings is 1. The molecule has 2 aliphatic heterocycles. The van der Waals surface area contributed by atoms with Gasteiger partial charge in [-0.25, -0.2) is 4.98 Å². The number of carbonyl (C=O) groups excluding carboxylic acids is 1. The highest BCUT2D eigenvalue weighted by Crippen LogP contribution is 2.50. The first-order valence-corrected chi connectivity index (χ1v) is 14.9. The number of rotatable bonds is 8. The summed E-state index contributed by atoms with van der Waals surface area (Å²) in [5, 5.41) is 3.82. The minimum atomic E-state index is -4.52. The molecule has 4 aromatic rings. The van der Waals surface area contributed by atoms with Crippen molar-refractivity contribution < 1.29 is 22.7 Å². The fourth-order valence-corrected chi connectivity index (χ4v) is 6.48. The zero-order valence-corrected chi connectivity index (χ0v) is 24.3. The highest BCUT2D eigenvalue weighted by Gasteiger charge is 2.48. The van der Waals surface area contributed by atoms with Gasteiger partial charge in [0.1, 0.15) is 29.3 Å². The second-order valence-electron chi connectivity index (χ2n) is 11.1. The van der Waals surface area contributed by atoms with Gasteiger partial charge < -0.3 is 15.0 Å². The Bertz CT molecular complexity index is 1580. The Kier molecular flexibility index (Phi) is 8.20. The van der Waals surface area contributed by atoms with Crippen molar-refractivity contribution in [3.8, 4) is 11.5 Å². The van der Waals surface area contributed by atoms with Gasteiger partial charge in [0.05, 0.1) is 5.52 Å². The second-order valence-corrected chi connectivity index (χ2v) is 11.5. The molecule has 1 amide bonds. The van der Waals surface area contributed by atoms with Crippen LogP contribution in [0.5, 0.6) is 11.5 Å². The molecule has 0 bridgehead atoms. The number of carbonyl (C=O) groups is 1. The predicted molar refractivity (Wildman–Crippen MR) is 162 cm³/mol. The molecule has 0 unspecified atom stereocenters. The van der Waals surface area contributed by atoms with E-state index in [1.165, 1.54) is 0 Å². The smallest absolute Gasteiger partial charge is 0.405 e. The lowest BCUT2D eigenvalue weighted by atomic mass is 9.68. The summed E-state index contributed by atoms with van der Waals surface area (Å²) in [7, 11) is 0. The van der Waals surface area contributed by atoms with E-state index in [2.05, 4.69) is 15.1 Å². The monoisotopic (exact) mass is 608 g/mol. The minimum Gasteiger partial charge on any atom is -0.457 e. The number of nitrogens with zero attached hydrogens (tertiary/aromatic N) is 3. The van der Waals surface area contributed by atoms with Gasteiger partial charge in [-0.2, -0.15) is 13.2 Å². The van der Waals surface area contributed by atoms with Crippen LogP contribution in [0.4, 0.5) is 19.0 Å². The summed E-state index contributed by atoms with van der Waals surface area (Å²) in [5.41, 5.74) is 0.759. The van der Waals surface area contributed by atoms with Crippen LogP contribution in [0.3, 0.4) is 0 Å². The third-order valence-electron chi connectivity index (χ3n) is 8.39. The van der Waals surface area contributed by atoms with Crippen molar-refractivity contribution >= 4 is 34.2 Å². The number of hydrogen-bond acceptors (Lipinski definition) is 5. The Hall–Kier alpha value is -3.82. The summed E-state index contributed by atoms with van der Waals surface area (Å²) in [6.45, 7) is 2.84. The molecular formula is C33H32ClF3N4O2. The molecule has 43 heavy (non-hydrogen) atoms. The van der Waals surface area contributed by atoms with Gasteiger partial charge in [0.25, 0.3) is 0 Å². The molecule has 2 aliphatic rings. The van der Waals surface area contributed by atoms with Crippen molar-refractivity contribution in [3.63, 3.8) is 0 Å². The average Bonchev–Trinajstić information content (AvgIpc) is 3.01. The van der Waals surface area contributed by atoms with Crippen molar-refractivity contribution in [2.45, 2.75) is 30.9 Å². The minimum absolute atomic E-state index is 0.359. The molecule has 0 saturated carbocycles. The van der Waals surface area contributed by atoms with E-state index in [1.54, 1.807) is 48.5 Å². The van der Waals surface area contributed by atoms with Crippen LogP contribution in [0.2, 0.25) is 5.02 Å². The molecule has 1 saturated heterocycles. The number of para-hydroxylation sites is 2. The number of hydrogen-bond donors (Lipinski definition) is 1. The summed E-state index contributed by atoms with van der Waals surface area (Å²) in [6, 6.07) is 24.0. The number of fused-ring (bicyclic) bond motifs is 3. The van der Waals surface area contributed by atoms with Gasteiger partial charge in [0.2, 0.25) is 5.91 Å². The van der Waals surface area contributed by atoms with Crippen molar-refractivity contribution in [2.24, 2.45) is 0 Å². The fourth-order valence-electron chi connectivity index (χ4n) is 6.25. The Morgan fingerprint density at radius 2 is 1.56 bits per heavy atom. The fraction of sp³-hybridized carbons (Fsp3) is 0.333. The standard InChI is InChI=1S/C33H32ClF3N4O2/c34-26-10-7-11-27-23(26)14-15-30(39-27)41-20-18-40(19-21-41)17-6-5-16-32(31(42)38-22-33(35,36)37)24-8-1-3-12-28(24)43-29-13-4-2-9-25(29)32/h1-4,7-15H,5-6,16-22H2,(H,38,42). The first-order valence-electron chi connectivity index (χ1n) is 14.5. The second kappa shape index (κ2) is 12.1. The van der Waals surface area contributed by atoms with Gasteiger partial charge >= 0.3 is 6.18 Å². The van der Waals surface area contributed by atoms with Gasteiger partial charge in [-0.15, -0.1) is 0 Å². The molecule has 10 heteroatoms. The van der Waals surface area contributed by atoms with Crippen LogP contribution < -0.4 is 15.0 Å². The summed E-state index contributed by atoms with van der Waals surface area (Å²) < 4.78 is 45.6. The van der Waals surface area contributed by atoms with Crippen LogP contribution in [0.1, 0.15) is 30.4 Å². The molecule has 0 aliphatic carbocycles. The molecular weight excluding hydrogens is 577 g/mol. The SMILES string of the molecule is O=C(NCC(F)(F)F)C1(CCCCN2CCN(c3ccc4c(Cl)cccc4n3)CC2)c2ccccc2Oc2ccccc21. The Balaban J connectivity index is 1.13. The number of benzene rings is 3. The number of unbranched alkanes of at least 4 members (excludes halogenated alkanes) is 1. The van der Waals surface area contributed by atoms with E-state index in [0.29, 0.717) is 40.5 Å². The highest BCUT2D eigenvalue weighted by molar-refractivity contribution is 6.35. The number of aromatic nitrogens is 1. The van der Waals surface area contributed by atoms with Crippen LogP contribution >= 0.6 is 11.6 Å². The van der Waals surface area contributed by atoms with Crippen LogP contribution in [0.15, 0.2) is 78.9 Å². The van der Waals surface area contributed by atoms with E-state index in [1.807, 2.05) is 30.3 Å². The van der Waals surface area contributed by atoms with E-state index in [-0.39, 0.29) is 0 Å². The van der Waals surface area contributed by atoms with Gasteiger partial charge in [0, 0.05) is 47.7 Å². The number of halogens is 4. The first kappa shape index (κ1) is 29.3. The quantitative estimate of drug-likeness (QED) is 0.219. The third-order valence-corrected chi connectivity index (χ3v) is 8.72. The molecule has 0 spiro atoms. The van der Waals surface area contributed by atoms with Crippen LogP contribution in [-0.2, 0) is 10.2 Å². The van der Waals surface area contributed by atoms with E-state index in [0.717, 1.165) is 55.9 Å². The zero-order chi connectivity index (χ0) is 30.0. The number of nitrogens with one attached hydrogen (secondary N) is 1. The molecule has 3 heterocycles. The lowest BCUT2D eigenvalue weighted by Crippen LogP contribution is -2.49. The molecule has 1 N–H and O–H groups in total. The normalized spacial score (nSPS) is 16.3. The van der Waals surface area contributed by atoms with Crippen molar-refractivity contribution in [1.29, 1.82) is 0 Å². The molecule has 1 fully saturated rings. The topological polar surface area (TPSA) is 57.7 Å². The summed E-state index contributed by atoms with van der Waals surface area (Å²) in [4.78, 5) is 23.2. The summed E-state index contributed by atoms with van der Waals surface area (Å²) >= 11 is 6.30. The van der Waals surface area contributed by atoms with Crippen molar-refractivity contribution in [1.82, 2.24) is 15.2 Å². The first-order chi connectivity index (χ1) is 20.7. The van der Waals surface area contributed by atoms with Gasteiger partial charge in [-0.05, 0) is 55.8 Å². The number of ether oxygens (including phenoxy) is 1. The van der Waals surface area contributed by atoms with Crippen molar-refractivity contribution in [3.05, 3.63) is 95.0 Å². The average molecular weight is 609 g/mol. The van der Waals surface area contributed by atoms with Crippen LogP contribution in [0.25, 0.3) is 10.9 Å². The Morgan fingerprint density at radius 1 is 0.884 bits per heavy atom. The lowest BCUT2D eigenvalue weighted by Gasteiger charge is -2.39. The van der Waals surface area contributed by atoms with Crippen LogP contribution in [-0.4, -0.2) is 61.2 Å². The Morgan fingerprint density at radius 3 is 2.23 bits per heavy atom. The largest absolute Gasteiger partial charge is 0.457 e. The summed E-state index contributed by atoms with van der Waals surface area (Å²) in [6.07, 6.45) is -2.71. The Labute approximate surface area is 253 Å². The number of alkyl halides is 3. The van der Waals surface area contributed by atoms with E-state index < -0.39 is 24.0 Å². The van der Waals surface area contributed by atoms with Gasteiger partial charge in [0.15, 0.2) is 0 Å². The molecule has 6 rings (SSSR count). The third kappa shape index (κ3) is 6.01. The molecule has 0 atom stereocenters. The van der Waals surface area contributed by atoms with Gasteiger partial charge in [-0.3, -0.25) is 9.69 Å². The molecule has 224 valence electrons. The number of anilines is 1. The van der Waals surface area contributed by atoms with E-state index in [4.69, 9.17) is 21.3 Å². The number of amides is 1.